The van der Waals surface area contributed by atoms with Crippen LogP contribution in [0.3, 0.4) is 0 Å². The summed E-state index contributed by atoms with van der Waals surface area (Å²) in [4.78, 5) is 10.2. The van der Waals surface area contributed by atoms with Gasteiger partial charge in [-0.3, -0.25) is 10.1 Å². The first-order valence-electron chi connectivity index (χ1n) is 6.12. The lowest BCUT2D eigenvalue weighted by molar-refractivity contribution is -0.384. The van der Waals surface area contributed by atoms with E-state index in [4.69, 9.17) is 0 Å². The van der Waals surface area contributed by atoms with Crippen molar-refractivity contribution in [1.82, 2.24) is 5.32 Å². The Balaban J connectivity index is 1.76. The second-order valence-electron chi connectivity index (χ2n) is 4.43. The highest BCUT2D eigenvalue weighted by Crippen LogP contribution is 2.14. The second kappa shape index (κ2) is 6.45. The zero-order chi connectivity index (χ0) is 13.7. The van der Waals surface area contributed by atoms with Gasteiger partial charge >= 0.3 is 0 Å². The van der Waals surface area contributed by atoms with E-state index in [9.17, 15) is 10.1 Å². The molecular weight excluding hydrogens is 260 g/mol. The number of nitrogens with zero attached hydrogens (tertiary/aromatic N) is 1. The minimum absolute atomic E-state index is 0.144. The third-order valence-corrected chi connectivity index (χ3v) is 3.92. The van der Waals surface area contributed by atoms with Crippen LogP contribution >= 0.6 is 11.3 Å². The summed E-state index contributed by atoms with van der Waals surface area (Å²) in [5.74, 6) is 0. The fourth-order valence-electron chi connectivity index (χ4n) is 1.81. The van der Waals surface area contributed by atoms with Crippen molar-refractivity contribution in [2.45, 2.75) is 19.9 Å². The maximum atomic E-state index is 10.5. The minimum atomic E-state index is -0.374. The maximum absolute atomic E-state index is 10.5. The van der Waals surface area contributed by atoms with Gasteiger partial charge in [0.25, 0.3) is 5.69 Å². The molecule has 0 fully saturated rings. The lowest BCUT2D eigenvalue weighted by Gasteiger charge is -2.04. The van der Waals surface area contributed by atoms with Crippen molar-refractivity contribution in [3.63, 3.8) is 0 Å². The van der Waals surface area contributed by atoms with Crippen LogP contribution in [0.2, 0.25) is 0 Å². The molecule has 0 radical (unpaired) electrons. The van der Waals surface area contributed by atoms with Gasteiger partial charge in [-0.25, -0.2) is 0 Å². The van der Waals surface area contributed by atoms with Gasteiger partial charge in [0, 0.05) is 18.7 Å². The molecule has 0 atom stereocenters. The highest BCUT2D eigenvalue weighted by Gasteiger charge is 2.03. The monoisotopic (exact) mass is 276 g/mol. The minimum Gasteiger partial charge on any atom is -0.312 e. The fraction of sp³-hybridized carbons (Fsp3) is 0.286. The summed E-state index contributed by atoms with van der Waals surface area (Å²) in [5.41, 5.74) is 3.92. The van der Waals surface area contributed by atoms with E-state index in [1.54, 1.807) is 23.5 Å². The molecule has 0 saturated carbocycles. The lowest BCUT2D eigenvalue weighted by atomic mass is 10.1. The van der Waals surface area contributed by atoms with Crippen molar-refractivity contribution >= 4 is 17.0 Å². The Bertz CT molecular complexity index is 549. The van der Waals surface area contributed by atoms with Crippen LogP contribution in [0.1, 0.15) is 16.7 Å². The Kier molecular flexibility index (Phi) is 4.65. The molecule has 0 aliphatic rings. The van der Waals surface area contributed by atoms with E-state index in [1.807, 2.05) is 12.1 Å². The first kappa shape index (κ1) is 13.7. The molecule has 0 amide bonds. The second-order valence-corrected chi connectivity index (χ2v) is 5.17. The normalized spacial score (nSPS) is 10.6. The number of nitrogens with one attached hydrogen (secondary N) is 1. The number of non-ortho nitro benzene ring substituents is 1. The summed E-state index contributed by atoms with van der Waals surface area (Å²) in [6.45, 7) is 3.86. The summed E-state index contributed by atoms with van der Waals surface area (Å²) in [7, 11) is 0. The topological polar surface area (TPSA) is 55.2 Å². The van der Waals surface area contributed by atoms with E-state index in [0.717, 1.165) is 25.1 Å². The van der Waals surface area contributed by atoms with Crippen LogP contribution in [0.15, 0.2) is 35.0 Å². The van der Waals surface area contributed by atoms with Crippen LogP contribution in [-0.2, 0) is 13.0 Å². The highest BCUT2D eigenvalue weighted by molar-refractivity contribution is 7.08. The van der Waals surface area contributed by atoms with Gasteiger partial charge in [-0.05, 0) is 47.3 Å². The molecule has 100 valence electrons. The number of nitro benzene ring substituents is 1. The van der Waals surface area contributed by atoms with Crippen molar-refractivity contribution in [2.24, 2.45) is 0 Å². The molecule has 5 heteroatoms. The van der Waals surface area contributed by atoms with Crippen LogP contribution in [-0.4, -0.2) is 11.5 Å². The lowest BCUT2D eigenvalue weighted by Crippen LogP contribution is -2.16. The number of hydrogen-bond acceptors (Lipinski definition) is 4. The SMILES string of the molecule is Cc1cscc1CNCCc1ccc([N+](=O)[O-])cc1. The smallest absolute Gasteiger partial charge is 0.269 e. The number of nitro groups is 1. The number of thiophene rings is 1. The largest absolute Gasteiger partial charge is 0.312 e. The molecule has 1 heterocycles. The van der Waals surface area contributed by atoms with Gasteiger partial charge in [-0.15, -0.1) is 0 Å². The van der Waals surface area contributed by atoms with Crippen LogP contribution in [0.5, 0.6) is 0 Å². The van der Waals surface area contributed by atoms with Crippen molar-refractivity contribution in [1.29, 1.82) is 0 Å². The number of benzene rings is 1. The van der Waals surface area contributed by atoms with E-state index >= 15 is 0 Å². The molecule has 2 rings (SSSR count). The molecule has 1 aromatic heterocycles. The molecule has 1 N–H and O–H groups in total. The first-order chi connectivity index (χ1) is 9.16. The van der Waals surface area contributed by atoms with Crippen molar-refractivity contribution in [3.8, 4) is 0 Å². The Morgan fingerprint density at radius 3 is 2.58 bits per heavy atom. The molecule has 19 heavy (non-hydrogen) atoms. The number of rotatable bonds is 6. The highest BCUT2D eigenvalue weighted by atomic mass is 32.1. The first-order valence-corrected chi connectivity index (χ1v) is 7.07. The zero-order valence-corrected chi connectivity index (χ0v) is 11.6. The predicted octanol–water partition coefficient (Wildman–Crippen LogP) is 3.30. The van der Waals surface area contributed by atoms with E-state index in [0.29, 0.717) is 0 Å². The third kappa shape index (κ3) is 3.87. The van der Waals surface area contributed by atoms with Gasteiger partial charge in [-0.1, -0.05) is 12.1 Å². The molecule has 0 bridgehead atoms. The summed E-state index contributed by atoms with van der Waals surface area (Å²) >= 11 is 1.72. The fourth-order valence-corrected chi connectivity index (χ4v) is 2.67. The third-order valence-electron chi connectivity index (χ3n) is 3.01. The molecule has 1 aromatic carbocycles. The Morgan fingerprint density at radius 1 is 1.26 bits per heavy atom. The van der Waals surface area contributed by atoms with Gasteiger partial charge < -0.3 is 5.32 Å². The van der Waals surface area contributed by atoms with E-state index < -0.39 is 0 Å². The molecule has 0 aliphatic carbocycles. The average molecular weight is 276 g/mol. The number of hydrogen-bond donors (Lipinski definition) is 1. The Morgan fingerprint density at radius 2 is 2.00 bits per heavy atom. The van der Waals surface area contributed by atoms with Crippen LogP contribution in [0, 0.1) is 17.0 Å². The van der Waals surface area contributed by atoms with Gasteiger partial charge in [0.2, 0.25) is 0 Å². The molecule has 0 spiro atoms. The summed E-state index contributed by atoms with van der Waals surface area (Å²) in [6.07, 6.45) is 0.876. The van der Waals surface area contributed by atoms with Crippen molar-refractivity contribution in [3.05, 3.63) is 61.8 Å². The average Bonchev–Trinajstić information content (AvgIpc) is 2.81. The standard InChI is InChI=1S/C14H16N2O2S/c1-11-9-19-10-13(11)8-15-7-6-12-2-4-14(5-3-12)16(17)18/h2-5,9-10,15H,6-8H2,1H3. The summed E-state index contributed by atoms with van der Waals surface area (Å²) in [5, 5.41) is 18.2. The Labute approximate surface area is 116 Å². The predicted molar refractivity (Wildman–Crippen MR) is 77.6 cm³/mol. The summed E-state index contributed by atoms with van der Waals surface area (Å²) in [6, 6.07) is 6.74. The van der Waals surface area contributed by atoms with Gasteiger partial charge in [0.1, 0.15) is 0 Å². The molecule has 4 nitrogen and oxygen atoms in total. The quantitative estimate of drug-likeness (QED) is 0.500. The van der Waals surface area contributed by atoms with Crippen LogP contribution in [0.4, 0.5) is 5.69 Å². The molecule has 2 aromatic rings. The van der Waals surface area contributed by atoms with Gasteiger partial charge in [0.05, 0.1) is 4.92 Å². The molecule has 0 unspecified atom stereocenters. The van der Waals surface area contributed by atoms with Gasteiger partial charge in [-0.2, -0.15) is 11.3 Å². The van der Waals surface area contributed by atoms with E-state index in [2.05, 4.69) is 23.0 Å². The maximum Gasteiger partial charge on any atom is 0.269 e. The van der Waals surface area contributed by atoms with Crippen molar-refractivity contribution < 1.29 is 4.92 Å². The zero-order valence-electron chi connectivity index (χ0n) is 10.8. The molecular formula is C14H16N2O2S. The Hall–Kier alpha value is -1.72. The summed E-state index contributed by atoms with van der Waals surface area (Å²) < 4.78 is 0. The molecule has 0 saturated heterocycles. The van der Waals surface area contributed by atoms with Crippen molar-refractivity contribution in [2.75, 3.05) is 6.54 Å². The molecule has 0 aliphatic heterocycles. The number of aryl methyl sites for hydroxylation is 1. The van der Waals surface area contributed by atoms with E-state index in [1.165, 1.54) is 11.1 Å². The van der Waals surface area contributed by atoms with Gasteiger partial charge in [0.15, 0.2) is 0 Å². The van der Waals surface area contributed by atoms with E-state index in [-0.39, 0.29) is 10.6 Å². The van der Waals surface area contributed by atoms with Crippen LogP contribution in [0.25, 0.3) is 0 Å². The van der Waals surface area contributed by atoms with Crippen LogP contribution < -0.4 is 5.32 Å².